The minimum atomic E-state index is 0.373. The number of rotatable bonds is 4. The van der Waals surface area contributed by atoms with Gasteiger partial charge in [-0.15, -0.1) is 0 Å². The molecule has 0 aliphatic rings. The first-order valence-corrected chi connectivity index (χ1v) is 7.40. The Morgan fingerprint density at radius 2 is 1.86 bits per heavy atom. The highest BCUT2D eigenvalue weighted by Gasteiger charge is 2.08. The van der Waals surface area contributed by atoms with Crippen molar-refractivity contribution in [2.75, 3.05) is 0 Å². The molecule has 0 atom stereocenters. The van der Waals surface area contributed by atoms with E-state index in [2.05, 4.69) is 27.8 Å². The molecule has 0 spiro atoms. The van der Waals surface area contributed by atoms with Gasteiger partial charge in [-0.1, -0.05) is 29.8 Å². The first-order valence-electron chi connectivity index (χ1n) is 6.61. The van der Waals surface area contributed by atoms with E-state index in [1.165, 1.54) is 5.56 Å². The topological polar surface area (TPSA) is 35.3 Å². The van der Waals surface area contributed by atoms with Crippen LogP contribution in [0.5, 0.6) is 5.75 Å². The lowest BCUT2D eigenvalue weighted by atomic mass is 10.1. The number of oxazole rings is 1. The Hall–Kier alpha value is -2.07. The van der Waals surface area contributed by atoms with E-state index in [1.54, 1.807) is 6.26 Å². The third-order valence-electron chi connectivity index (χ3n) is 3.06. The van der Waals surface area contributed by atoms with Crippen molar-refractivity contribution >= 4 is 15.9 Å². The van der Waals surface area contributed by atoms with Gasteiger partial charge in [0.1, 0.15) is 24.3 Å². The summed E-state index contributed by atoms with van der Waals surface area (Å²) < 4.78 is 12.2. The first-order chi connectivity index (χ1) is 10.2. The zero-order valence-electron chi connectivity index (χ0n) is 11.5. The van der Waals surface area contributed by atoms with E-state index in [1.807, 2.05) is 48.5 Å². The highest BCUT2D eigenvalue weighted by atomic mass is 79.9. The Bertz CT molecular complexity index is 735. The number of halogens is 1. The molecule has 0 fully saturated rings. The molecule has 0 aliphatic carbocycles. The van der Waals surface area contributed by atoms with Crippen molar-refractivity contribution in [2.24, 2.45) is 0 Å². The maximum absolute atomic E-state index is 5.72. The lowest BCUT2D eigenvalue weighted by molar-refractivity contribution is 0.299. The van der Waals surface area contributed by atoms with Crippen LogP contribution in [0, 0.1) is 6.92 Å². The molecule has 0 saturated heterocycles. The highest BCUT2D eigenvalue weighted by molar-refractivity contribution is 9.10. The molecule has 1 heterocycles. The van der Waals surface area contributed by atoms with E-state index in [-0.39, 0.29) is 0 Å². The normalized spacial score (nSPS) is 10.6. The molecule has 0 radical (unpaired) electrons. The zero-order chi connectivity index (χ0) is 14.7. The second-order valence-corrected chi connectivity index (χ2v) is 5.58. The van der Waals surface area contributed by atoms with Crippen LogP contribution in [0.4, 0.5) is 0 Å². The summed E-state index contributed by atoms with van der Waals surface area (Å²) in [5, 5.41) is 0. The summed E-state index contributed by atoms with van der Waals surface area (Å²) in [6.07, 6.45) is 1.63. The molecule has 0 unspecified atom stereocenters. The molecule has 106 valence electrons. The van der Waals surface area contributed by atoms with Gasteiger partial charge in [0.05, 0.1) is 4.47 Å². The van der Waals surface area contributed by atoms with Gasteiger partial charge in [-0.05, 0) is 47.1 Å². The third-order valence-corrected chi connectivity index (χ3v) is 3.72. The molecule has 0 aliphatic heterocycles. The van der Waals surface area contributed by atoms with Gasteiger partial charge in [-0.3, -0.25) is 0 Å². The van der Waals surface area contributed by atoms with Crippen LogP contribution in [0.2, 0.25) is 0 Å². The van der Waals surface area contributed by atoms with Crippen molar-refractivity contribution in [3.63, 3.8) is 0 Å². The van der Waals surface area contributed by atoms with Crippen molar-refractivity contribution in [1.82, 2.24) is 4.98 Å². The molecule has 3 aromatic rings. The Morgan fingerprint density at radius 3 is 2.62 bits per heavy atom. The van der Waals surface area contributed by atoms with E-state index in [0.29, 0.717) is 12.5 Å². The van der Waals surface area contributed by atoms with Gasteiger partial charge in [-0.2, -0.15) is 0 Å². The van der Waals surface area contributed by atoms with Crippen LogP contribution in [0.25, 0.3) is 11.5 Å². The van der Waals surface area contributed by atoms with E-state index < -0.39 is 0 Å². The zero-order valence-corrected chi connectivity index (χ0v) is 13.1. The van der Waals surface area contributed by atoms with Gasteiger partial charge in [0.15, 0.2) is 0 Å². The summed E-state index contributed by atoms with van der Waals surface area (Å²) in [5.41, 5.74) is 2.94. The number of aromatic nitrogens is 1. The standard InChI is InChI=1S/C17H14BrNO2/c1-12-6-8-13(9-7-12)17-19-14(11-21-17)10-20-16-5-3-2-4-15(16)18/h2-9,11H,10H2,1H3. The van der Waals surface area contributed by atoms with E-state index in [9.17, 15) is 0 Å². The minimum absolute atomic E-state index is 0.373. The Kier molecular flexibility index (Phi) is 4.06. The second-order valence-electron chi connectivity index (χ2n) is 4.73. The third kappa shape index (κ3) is 3.34. The van der Waals surface area contributed by atoms with Crippen LogP contribution < -0.4 is 4.74 Å². The Morgan fingerprint density at radius 1 is 1.10 bits per heavy atom. The average molecular weight is 344 g/mol. The van der Waals surface area contributed by atoms with Crippen LogP contribution >= 0.6 is 15.9 Å². The minimum Gasteiger partial charge on any atom is -0.486 e. The summed E-state index contributed by atoms with van der Waals surface area (Å²) in [6.45, 7) is 2.42. The SMILES string of the molecule is Cc1ccc(-c2nc(COc3ccccc3Br)co2)cc1. The molecule has 0 N–H and O–H groups in total. The summed E-state index contributed by atoms with van der Waals surface area (Å²) in [7, 11) is 0. The van der Waals surface area contributed by atoms with E-state index in [0.717, 1.165) is 21.5 Å². The highest BCUT2D eigenvalue weighted by Crippen LogP contribution is 2.25. The van der Waals surface area contributed by atoms with Crippen molar-refractivity contribution < 1.29 is 9.15 Å². The van der Waals surface area contributed by atoms with Gasteiger partial charge >= 0.3 is 0 Å². The van der Waals surface area contributed by atoms with Gasteiger partial charge in [0.25, 0.3) is 0 Å². The predicted molar refractivity (Wildman–Crippen MR) is 85.2 cm³/mol. The van der Waals surface area contributed by atoms with Gasteiger partial charge in [0, 0.05) is 5.56 Å². The Balaban J connectivity index is 1.71. The smallest absolute Gasteiger partial charge is 0.226 e. The van der Waals surface area contributed by atoms with E-state index in [4.69, 9.17) is 9.15 Å². The van der Waals surface area contributed by atoms with Crippen LogP contribution in [0.1, 0.15) is 11.3 Å². The number of hydrogen-bond acceptors (Lipinski definition) is 3. The van der Waals surface area contributed by atoms with Crippen LogP contribution in [0.3, 0.4) is 0 Å². The number of benzene rings is 2. The molecule has 3 rings (SSSR count). The maximum Gasteiger partial charge on any atom is 0.226 e. The van der Waals surface area contributed by atoms with Gasteiger partial charge in [0.2, 0.25) is 5.89 Å². The number of para-hydroxylation sites is 1. The summed E-state index contributed by atoms with van der Waals surface area (Å²) >= 11 is 3.45. The van der Waals surface area contributed by atoms with Crippen molar-refractivity contribution in [1.29, 1.82) is 0 Å². The molecule has 4 heteroatoms. The number of nitrogens with zero attached hydrogens (tertiary/aromatic N) is 1. The fourth-order valence-corrected chi connectivity index (χ4v) is 2.31. The molecule has 3 nitrogen and oxygen atoms in total. The molecule has 1 aromatic heterocycles. The fraction of sp³-hybridized carbons (Fsp3) is 0.118. The molecule has 21 heavy (non-hydrogen) atoms. The number of hydrogen-bond donors (Lipinski definition) is 0. The quantitative estimate of drug-likeness (QED) is 0.669. The Labute approximate surface area is 131 Å². The molecular formula is C17H14BrNO2. The monoisotopic (exact) mass is 343 g/mol. The lowest BCUT2D eigenvalue weighted by Crippen LogP contribution is -1.96. The second kappa shape index (κ2) is 6.14. The van der Waals surface area contributed by atoms with E-state index >= 15 is 0 Å². The summed E-state index contributed by atoms with van der Waals surface area (Å²) in [5.74, 6) is 1.40. The lowest BCUT2D eigenvalue weighted by Gasteiger charge is -2.05. The van der Waals surface area contributed by atoms with Crippen LogP contribution in [-0.4, -0.2) is 4.98 Å². The van der Waals surface area contributed by atoms with Crippen molar-refractivity contribution in [2.45, 2.75) is 13.5 Å². The van der Waals surface area contributed by atoms with Crippen LogP contribution in [0.15, 0.2) is 63.7 Å². The number of ether oxygens (including phenoxy) is 1. The van der Waals surface area contributed by atoms with Crippen molar-refractivity contribution in [3.05, 3.63) is 70.5 Å². The average Bonchev–Trinajstić information content (AvgIpc) is 2.96. The predicted octanol–water partition coefficient (Wildman–Crippen LogP) is 4.99. The molecule has 0 bridgehead atoms. The maximum atomic E-state index is 5.72. The molecular weight excluding hydrogens is 330 g/mol. The summed E-state index contributed by atoms with van der Waals surface area (Å²) in [6, 6.07) is 15.8. The van der Waals surface area contributed by atoms with Crippen molar-refractivity contribution in [3.8, 4) is 17.2 Å². The van der Waals surface area contributed by atoms with Crippen LogP contribution in [-0.2, 0) is 6.61 Å². The fourth-order valence-electron chi connectivity index (χ4n) is 1.92. The summed E-state index contributed by atoms with van der Waals surface area (Å²) in [4.78, 5) is 4.45. The molecule has 0 saturated carbocycles. The number of aryl methyl sites for hydroxylation is 1. The molecule has 2 aromatic carbocycles. The van der Waals surface area contributed by atoms with Gasteiger partial charge < -0.3 is 9.15 Å². The largest absolute Gasteiger partial charge is 0.486 e. The van der Waals surface area contributed by atoms with Gasteiger partial charge in [-0.25, -0.2) is 4.98 Å². The first kappa shape index (κ1) is 13.9. The molecule has 0 amide bonds.